The highest BCUT2D eigenvalue weighted by Gasteiger charge is 2.24. The number of rotatable bonds is 4. The molecule has 1 atom stereocenters. The van der Waals surface area contributed by atoms with E-state index in [0.29, 0.717) is 0 Å². The molecule has 0 amide bonds. The van der Waals surface area contributed by atoms with E-state index in [1.807, 2.05) is 6.92 Å². The number of aromatic amines is 1. The van der Waals surface area contributed by atoms with Crippen LogP contribution >= 0.6 is 11.6 Å². The minimum absolute atomic E-state index is 0.760. The van der Waals surface area contributed by atoms with Gasteiger partial charge in [-0.1, -0.05) is 11.6 Å². The minimum Gasteiger partial charge on any atom is -0.379 e. The fourth-order valence-electron chi connectivity index (χ4n) is 3.38. The zero-order valence-corrected chi connectivity index (χ0v) is 13.5. The van der Waals surface area contributed by atoms with E-state index in [-0.39, 0.29) is 0 Å². The monoisotopic (exact) mass is 312 g/mol. The number of aromatic nitrogens is 2. The Hall–Kier alpha value is -0.620. The maximum atomic E-state index is 6.28. The Morgan fingerprint density at radius 3 is 2.81 bits per heavy atom. The van der Waals surface area contributed by atoms with E-state index in [0.717, 1.165) is 68.3 Å². The molecule has 0 spiro atoms. The Balaban J connectivity index is 1.51. The van der Waals surface area contributed by atoms with Crippen LogP contribution in [0.25, 0.3) is 0 Å². The van der Waals surface area contributed by atoms with E-state index in [9.17, 15) is 0 Å². The second kappa shape index (κ2) is 7.09. The zero-order valence-electron chi connectivity index (χ0n) is 12.8. The molecule has 0 bridgehead atoms. The zero-order chi connectivity index (χ0) is 14.7. The Bertz CT molecular complexity index is 459. The van der Waals surface area contributed by atoms with Gasteiger partial charge in [0.1, 0.15) is 0 Å². The van der Waals surface area contributed by atoms with E-state index in [1.165, 1.54) is 19.4 Å². The van der Waals surface area contributed by atoms with Crippen LogP contribution in [0.5, 0.6) is 0 Å². The van der Waals surface area contributed by atoms with Crippen LogP contribution < -0.4 is 0 Å². The normalized spacial score (nSPS) is 25.3. The lowest BCUT2D eigenvalue weighted by molar-refractivity contribution is 0.0223. The second-order valence-corrected chi connectivity index (χ2v) is 6.64. The molecule has 0 saturated carbocycles. The lowest BCUT2D eigenvalue weighted by Gasteiger charge is -2.36. The van der Waals surface area contributed by atoms with E-state index >= 15 is 0 Å². The third kappa shape index (κ3) is 3.97. The van der Waals surface area contributed by atoms with Crippen molar-refractivity contribution in [2.45, 2.75) is 26.3 Å². The number of morpholine rings is 1. The molecule has 3 heterocycles. The number of hydrogen-bond acceptors (Lipinski definition) is 4. The van der Waals surface area contributed by atoms with Crippen LogP contribution in [0.2, 0.25) is 5.02 Å². The first-order chi connectivity index (χ1) is 10.2. The largest absolute Gasteiger partial charge is 0.379 e. The van der Waals surface area contributed by atoms with E-state index in [4.69, 9.17) is 16.3 Å². The highest BCUT2D eigenvalue weighted by Crippen LogP contribution is 2.23. The molecular weight excluding hydrogens is 288 g/mol. The first-order valence-electron chi connectivity index (χ1n) is 7.94. The summed E-state index contributed by atoms with van der Waals surface area (Å²) < 4.78 is 5.43. The standard InChI is InChI=1S/C15H25ClN4O/c1-12-15(16)14(18-17-12)11-20-4-2-3-13(10-20)9-19-5-7-21-8-6-19/h13H,2-11H2,1H3,(H,17,18)/t13-/m0/s1. The lowest BCUT2D eigenvalue weighted by atomic mass is 9.97. The number of halogens is 1. The van der Waals surface area contributed by atoms with Crippen molar-refractivity contribution in [1.29, 1.82) is 0 Å². The molecule has 21 heavy (non-hydrogen) atoms. The number of piperidine rings is 1. The summed E-state index contributed by atoms with van der Waals surface area (Å²) >= 11 is 6.28. The average molecular weight is 313 g/mol. The molecule has 2 fully saturated rings. The molecule has 0 aromatic carbocycles. The summed E-state index contributed by atoms with van der Waals surface area (Å²) in [5.74, 6) is 0.760. The fraction of sp³-hybridized carbons (Fsp3) is 0.800. The third-order valence-corrected chi connectivity index (χ3v) is 5.04. The van der Waals surface area contributed by atoms with Crippen LogP contribution in [0, 0.1) is 12.8 Å². The van der Waals surface area contributed by atoms with Crippen molar-refractivity contribution in [1.82, 2.24) is 20.0 Å². The van der Waals surface area contributed by atoms with Gasteiger partial charge in [-0.25, -0.2) is 0 Å². The predicted octanol–water partition coefficient (Wildman–Crippen LogP) is 1.92. The molecule has 6 heteroatoms. The van der Waals surface area contributed by atoms with Crippen LogP contribution in [0.1, 0.15) is 24.2 Å². The van der Waals surface area contributed by atoms with Gasteiger partial charge >= 0.3 is 0 Å². The number of hydrogen-bond donors (Lipinski definition) is 1. The molecular formula is C15H25ClN4O. The van der Waals surface area contributed by atoms with Crippen LogP contribution in [0.3, 0.4) is 0 Å². The molecule has 1 aromatic heterocycles. The molecule has 1 aromatic rings. The van der Waals surface area contributed by atoms with Gasteiger partial charge in [0.2, 0.25) is 0 Å². The van der Waals surface area contributed by atoms with Crippen molar-refractivity contribution in [2.75, 3.05) is 45.9 Å². The maximum absolute atomic E-state index is 6.28. The number of aryl methyl sites for hydroxylation is 1. The fourth-order valence-corrected chi connectivity index (χ4v) is 3.52. The minimum atomic E-state index is 0.760. The highest BCUT2D eigenvalue weighted by molar-refractivity contribution is 6.31. The molecule has 0 aliphatic carbocycles. The quantitative estimate of drug-likeness (QED) is 0.922. The van der Waals surface area contributed by atoms with E-state index < -0.39 is 0 Å². The van der Waals surface area contributed by atoms with Gasteiger partial charge in [0.15, 0.2) is 0 Å². The van der Waals surface area contributed by atoms with Crippen molar-refractivity contribution in [3.05, 3.63) is 16.4 Å². The summed E-state index contributed by atoms with van der Waals surface area (Å²) in [7, 11) is 0. The summed E-state index contributed by atoms with van der Waals surface area (Å²) in [6.07, 6.45) is 2.61. The van der Waals surface area contributed by atoms with Crippen molar-refractivity contribution in [3.8, 4) is 0 Å². The summed E-state index contributed by atoms with van der Waals surface area (Å²) in [5.41, 5.74) is 1.95. The smallest absolute Gasteiger partial charge is 0.0951 e. The Labute approximate surface area is 131 Å². The summed E-state index contributed by atoms with van der Waals surface area (Å²) in [5, 5.41) is 8.09. The molecule has 1 N–H and O–H groups in total. The molecule has 0 radical (unpaired) electrons. The van der Waals surface area contributed by atoms with Gasteiger partial charge in [-0.05, 0) is 32.2 Å². The number of nitrogens with zero attached hydrogens (tertiary/aromatic N) is 3. The van der Waals surface area contributed by atoms with Gasteiger partial charge in [-0.15, -0.1) is 0 Å². The SMILES string of the molecule is Cc1[nH]nc(CN2CCC[C@@H](CN3CCOCC3)C2)c1Cl. The number of ether oxygens (including phenoxy) is 1. The van der Waals surface area contributed by atoms with Gasteiger partial charge in [0.05, 0.1) is 29.6 Å². The van der Waals surface area contributed by atoms with Gasteiger partial charge in [0.25, 0.3) is 0 Å². The topological polar surface area (TPSA) is 44.4 Å². The van der Waals surface area contributed by atoms with Gasteiger partial charge < -0.3 is 4.74 Å². The van der Waals surface area contributed by atoms with Gasteiger partial charge in [-0.2, -0.15) is 5.10 Å². The highest BCUT2D eigenvalue weighted by atomic mass is 35.5. The van der Waals surface area contributed by atoms with Gasteiger partial charge in [-0.3, -0.25) is 14.9 Å². The van der Waals surface area contributed by atoms with Crippen molar-refractivity contribution < 1.29 is 4.74 Å². The molecule has 5 nitrogen and oxygen atoms in total. The van der Waals surface area contributed by atoms with Crippen molar-refractivity contribution in [2.24, 2.45) is 5.92 Å². The summed E-state index contributed by atoms with van der Waals surface area (Å²) in [4.78, 5) is 5.04. The summed E-state index contributed by atoms with van der Waals surface area (Å²) in [6, 6.07) is 0. The average Bonchev–Trinajstić information content (AvgIpc) is 2.81. The summed E-state index contributed by atoms with van der Waals surface area (Å²) in [6.45, 7) is 10.3. The number of H-pyrrole nitrogens is 1. The molecule has 118 valence electrons. The molecule has 2 saturated heterocycles. The Morgan fingerprint density at radius 1 is 1.29 bits per heavy atom. The van der Waals surface area contributed by atoms with Crippen molar-refractivity contribution >= 4 is 11.6 Å². The first kappa shape index (κ1) is 15.3. The third-order valence-electron chi connectivity index (χ3n) is 4.54. The van der Waals surface area contributed by atoms with Crippen LogP contribution in [-0.4, -0.2) is 65.9 Å². The molecule has 2 aliphatic heterocycles. The van der Waals surface area contributed by atoms with Crippen LogP contribution in [0.4, 0.5) is 0 Å². The second-order valence-electron chi connectivity index (χ2n) is 6.27. The molecule has 2 aliphatic rings. The Kier molecular flexibility index (Phi) is 5.16. The van der Waals surface area contributed by atoms with Crippen molar-refractivity contribution in [3.63, 3.8) is 0 Å². The van der Waals surface area contributed by atoms with Gasteiger partial charge in [0, 0.05) is 32.7 Å². The first-order valence-corrected chi connectivity index (χ1v) is 8.32. The molecule has 0 unspecified atom stereocenters. The molecule has 3 rings (SSSR count). The lowest BCUT2D eigenvalue weighted by Crippen LogP contribution is -2.44. The van der Waals surface area contributed by atoms with E-state index in [1.54, 1.807) is 0 Å². The maximum Gasteiger partial charge on any atom is 0.0951 e. The van der Waals surface area contributed by atoms with Crippen LogP contribution in [0.15, 0.2) is 0 Å². The van der Waals surface area contributed by atoms with Crippen LogP contribution in [-0.2, 0) is 11.3 Å². The van der Waals surface area contributed by atoms with E-state index in [2.05, 4.69) is 20.0 Å². The number of likely N-dealkylation sites (tertiary alicyclic amines) is 1. The Morgan fingerprint density at radius 2 is 2.10 bits per heavy atom. The number of nitrogens with one attached hydrogen (secondary N) is 1. The predicted molar refractivity (Wildman–Crippen MR) is 83.6 cm³/mol.